The molecule has 1 heterocycles. The van der Waals surface area contributed by atoms with Gasteiger partial charge in [0.05, 0.1) is 15.8 Å². The van der Waals surface area contributed by atoms with Crippen molar-refractivity contribution in [1.29, 1.82) is 0 Å². The predicted molar refractivity (Wildman–Crippen MR) is 104 cm³/mol. The van der Waals surface area contributed by atoms with Gasteiger partial charge in [-0.1, -0.05) is 52.6 Å². The second-order valence-corrected chi connectivity index (χ2v) is 7.22. The van der Waals surface area contributed by atoms with E-state index in [9.17, 15) is 4.79 Å². The molecule has 0 unspecified atom stereocenters. The van der Waals surface area contributed by atoms with Crippen LogP contribution < -0.4 is 5.32 Å². The Labute approximate surface area is 164 Å². The third kappa shape index (κ3) is 4.70. The number of amides is 1. The Morgan fingerprint density at radius 2 is 1.96 bits per heavy atom. The smallest absolute Gasteiger partial charge is 0.234 e. The number of halogens is 3. The van der Waals surface area contributed by atoms with Crippen molar-refractivity contribution in [2.24, 2.45) is 0 Å². The molecule has 0 saturated carbocycles. The summed E-state index contributed by atoms with van der Waals surface area (Å²) < 4.78 is 1.88. The highest BCUT2D eigenvalue weighted by molar-refractivity contribution is 7.99. The van der Waals surface area contributed by atoms with Crippen LogP contribution in [0.5, 0.6) is 0 Å². The molecule has 1 N–H and O–H groups in total. The molecule has 0 aliphatic carbocycles. The molecule has 2 aromatic carbocycles. The maximum absolute atomic E-state index is 12.1. The lowest BCUT2D eigenvalue weighted by molar-refractivity contribution is -0.113. The highest BCUT2D eigenvalue weighted by atomic mass is 35.5. The molecule has 128 valence electrons. The van der Waals surface area contributed by atoms with Gasteiger partial charge in [-0.2, -0.15) is 0 Å². The van der Waals surface area contributed by atoms with Gasteiger partial charge in [-0.05, 0) is 36.4 Å². The Morgan fingerprint density at radius 3 is 2.72 bits per heavy atom. The molecular weight excluding hydrogens is 401 g/mol. The van der Waals surface area contributed by atoms with Crippen LogP contribution in [0, 0.1) is 0 Å². The first kappa shape index (κ1) is 18.1. The number of hydrogen-bond donors (Lipinski definition) is 1. The molecule has 3 rings (SSSR count). The fourth-order valence-electron chi connectivity index (χ4n) is 2.12. The molecule has 4 nitrogen and oxygen atoms in total. The number of benzene rings is 2. The van der Waals surface area contributed by atoms with Crippen molar-refractivity contribution in [2.45, 2.75) is 5.16 Å². The van der Waals surface area contributed by atoms with E-state index in [4.69, 9.17) is 34.8 Å². The molecule has 0 bridgehead atoms. The second-order valence-electron chi connectivity index (χ2n) is 5.03. The van der Waals surface area contributed by atoms with Crippen molar-refractivity contribution in [3.05, 3.63) is 69.9 Å². The first-order chi connectivity index (χ1) is 12.0. The van der Waals surface area contributed by atoms with Crippen LogP contribution in [0.3, 0.4) is 0 Å². The van der Waals surface area contributed by atoms with E-state index in [0.717, 1.165) is 5.69 Å². The molecule has 0 spiro atoms. The van der Waals surface area contributed by atoms with E-state index in [1.807, 2.05) is 29.0 Å². The summed E-state index contributed by atoms with van der Waals surface area (Å²) in [7, 11) is 0. The maximum atomic E-state index is 12.1. The van der Waals surface area contributed by atoms with Gasteiger partial charge in [0.25, 0.3) is 0 Å². The zero-order valence-electron chi connectivity index (χ0n) is 12.7. The van der Waals surface area contributed by atoms with E-state index in [1.165, 1.54) is 11.8 Å². The van der Waals surface area contributed by atoms with Crippen molar-refractivity contribution in [1.82, 2.24) is 9.55 Å². The van der Waals surface area contributed by atoms with E-state index in [-0.39, 0.29) is 11.7 Å². The van der Waals surface area contributed by atoms with Gasteiger partial charge < -0.3 is 5.32 Å². The summed E-state index contributed by atoms with van der Waals surface area (Å²) in [5.41, 5.74) is 1.48. The molecule has 8 heteroatoms. The van der Waals surface area contributed by atoms with Crippen molar-refractivity contribution < 1.29 is 4.79 Å². The third-order valence-corrected chi connectivity index (χ3v) is 5.17. The minimum Gasteiger partial charge on any atom is -0.325 e. The van der Waals surface area contributed by atoms with Crippen LogP contribution in [-0.2, 0) is 4.79 Å². The fourth-order valence-corrected chi connectivity index (χ4v) is 3.38. The fraction of sp³-hybridized carbons (Fsp3) is 0.0588. The van der Waals surface area contributed by atoms with Crippen LogP contribution in [0.4, 0.5) is 5.69 Å². The number of imidazole rings is 1. The van der Waals surface area contributed by atoms with Gasteiger partial charge in [-0.3, -0.25) is 9.36 Å². The summed E-state index contributed by atoms with van der Waals surface area (Å²) in [5.74, 6) is 0.0432. The number of rotatable bonds is 5. The van der Waals surface area contributed by atoms with Gasteiger partial charge in [0, 0.05) is 28.8 Å². The van der Waals surface area contributed by atoms with Crippen LogP contribution in [0.1, 0.15) is 0 Å². The van der Waals surface area contributed by atoms with Gasteiger partial charge in [0.2, 0.25) is 5.91 Å². The number of thioether (sulfide) groups is 1. The Kier molecular flexibility index (Phi) is 5.91. The number of aromatic nitrogens is 2. The van der Waals surface area contributed by atoms with Gasteiger partial charge in [-0.25, -0.2) is 4.98 Å². The number of carbonyl (C=O) groups is 1. The van der Waals surface area contributed by atoms with Crippen molar-refractivity contribution in [3.8, 4) is 5.69 Å². The minimum absolute atomic E-state index is 0.163. The average Bonchev–Trinajstić information content (AvgIpc) is 3.05. The van der Waals surface area contributed by atoms with Crippen LogP contribution >= 0.6 is 46.6 Å². The van der Waals surface area contributed by atoms with Gasteiger partial charge in [0.1, 0.15) is 0 Å². The molecule has 25 heavy (non-hydrogen) atoms. The lowest BCUT2D eigenvalue weighted by atomic mass is 10.3. The molecule has 0 fully saturated rings. The van der Waals surface area contributed by atoms with Crippen molar-refractivity contribution in [3.63, 3.8) is 0 Å². The summed E-state index contributed by atoms with van der Waals surface area (Å²) in [6.07, 6.45) is 3.50. The summed E-state index contributed by atoms with van der Waals surface area (Å²) in [5, 5.41) is 4.95. The summed E-state index contributed by atoms with van der Waals surface area (Å²) >= 11 is 19.2. The molecule has 0 atom stereocenters. The number of carbonyl (C=O) groups excluding carboxylic acids is 1. The van der Waals surface area contributed by atoms with Crippen LogP contribution in [0.25, 0.3) is 5.69 Å². The molecule has 0 radical (unpaired) electrons. The van der Waals surface area contributed by atoms with Gasteiger partial charge in [0.15, 0.2) is 5.16 Å². The first-order valence-electron chi connectivity index (χ1n) is 7.20. The normalized spacial score (nSPS) is 10.7. The third-order valence-electron chi connectivity index (χ3n) is 3.23. The van der Waals surface area contributed by atoms with E-state index in [2.05, 4.69) is 10.3 Å². The Bertz CT molecular complexity index is 914. The highest BCUT2D eigenvalue weighted by Crippen LogP contribution is 2.26. The molecule has 0 aliphatic rings. The Morgan fingerprint density at radius 1 is 1.12 bits per heavy atom. The number of nitrogens with one attached hydrogen (secondary N) is 1. The largest absolute Gasteiger partial charge is 0.325 e. The standard InChI is InChI=1S/C17H12Cl3N3OS/c18-11-2-1-3-13(8-11)23-7-6-21-17(23)25-10-16(24)22-12-4-5-14(19)15(20)9-12/h1-9H,10H2,(H,22,24). The number of nitrogens with zero attached hydrogens (tertiary/aromatic N) is 2. The van der Waals surface area contributed by atoms with Crippen LogP contribution in [-0.4, -0.2) is 21.2 Å². The van der Waals surface area contributed by atoms with E-state index < -0.39 is 0 Å². The molecule has 1 aromatic heterocycles. The Hall–Kier alpha value is -1.66. The molecule has 1 amide bonds. The van der Waals surface area contributed by atoms with Crippen molar-refractivity contribution in [2.75, 3.05) is 11.1 Å². The second kappa shape index (κ2) is 8.15. The van der Waals surface area contributed by atoms with Crippen LogP contribution in [0.2, 0.25) is 15.1 Å². The summed E-state index contributed by atoms with van der Waals surface area (Å²) in [6, 6.07) is 12.4. The SMILES string of the molecule is O=C(CSc1nccn1-c1cccc(Cl)c1)Nc1ccc(Cl)c(Cl)c1. The first-order valence-corrected chi connectivity index (χ1v) is 9.32. The highest BCUT2D eigenvalue weighted by Gasteiger charge is 2.10. The monoisotopic (exact) mass is 411 g/mol. The zero-order chi connectivity index (χ0) is 17.8. The summed E-state index contributed by atoms with van der Waals surface area (Å²) in [4.78, 5) is 16.4. The zero-order valence-corrected chi connectivity index (χ0v) is 15.8. The van der Waals surface area contributed by atoms with E-state index in [1.54, 1.807) is 30.5 Å². The Balaban J connectivity index is 1.65. The lowest BCUT2D eigenvalue weighted by Gasteiger charge is -2.09. The maximum Gasteiger partial charge on any atom is 0.234 e. The molecule has 0 saturated heterocycles. The topological polar surface area (TPSA) is 46.9 Å². The quantitative estimate of drug-likeness (QED) is 0.558. The van der Waals surface area contributed by atoms with Crippen LogP contribution in [0.15, 0.2) is 60.0 Å². The summed E-state index contributed by atoms with van der Waals surface area (Å²) in [6.45, 7) is 0. The minimum atomic E-state index is -0.163. The molecule has 3 aromatic rings. The lowest BCUT2D eigenvalue weighted by Crippen LogP contribution is -2.14. The average molecular weight is 413 g/mol. The molecule has 0 aliphatic heterocycles. The van der Waals surface area contributed by atoms with Gasteiger partial charge >= 0.3 is 0 Å². The predicted octanol–water partition coefficient (Wildman–Crippen LogP) is 5.56. The van der Waals surface area contributed by atoms with E-state index in [0.29, 0.717) is 25.9 Å². The number of hydrogen-bond acceptors (Lipinski definition) is 3. The molecular formula is C17H12Cl3N3OS. The van der Waals surface area contributed by atoms with Gasteiger partial charge in [-0.15, -0.1) is 0 Å². The number of anilines is 1. The van der Waals surface area contributed by atoms with Crippen molar-refractivity contribution >= 4 is 58.2 Å². The van der Waals surface area contributed by atoms with E-state index >= 15 is 0 Å².